The zero-order chi connectivity index (χ0) is 24.2. The number of nitrogens with two attached hydrogens (primary N) is 1. The van der Waals surface area contributed by atoms with Gasteiger partial charge in [-0.2, -0.15) is 0 Å². The summed E-state index contributed by atoms with van der Waals surface area (Å²) in [6, 6.07) is 3.28. The van der Waals surface area contributed by atoms with Crippen molar-refractivity contribution in [1.29, 1.82) is 0 Å². The van der Waals surface area contributed by atoms with Crippen LogP contribution in [-0.2, 0) is 15.6 Å². The van der Waals surface area contributed by atoms with Crippen LogP contribution in [0.3, 0.4) is 0 Å². The lowest BCUT2D eigenvalue weighted by Crippen LogP contribution is -2.25. The van der Waals surface area contributed by atoms with Crippen molar-refractivity contribution in [3.63, 3.8) is 0 Å². The number of anilines is 1. The van der Waals surface area contributed by atoms with Gasteiger partial charge >= 0.3 is 6.03 Å². The molecule has 0 atom stereocenters. The van der Waals surface area contributed by atoms with Crippen molar-refractivity contribution in [3.8, 4) is 0 Å². The Balaban J connectivity index is 0.000000492. The molecule has 0 aliphatic carbocycles. The summed E-state index contributed by atoms with van der Waals surface area (Å²) < 4.78 is 0. The first-order valence-corrected chi connectivity index (χ1v) is 10.2. The van der Waals surface area contributed by atoms with Gasteiger partial charge in [0, 0.05) is 30.4 Å². The first kappa shape index (κ1) is 28.2. The van der Waals surface area contributed by atoms with E-state index in [9.17, 15) is 9.59 Å². The SMILES string of the molecule is CC(C)(C)c1cc(Cl)ncn1.CCC(N)=O.CNC(=O)Nc1cc(C(C)(C)C)ncn1. The Morgan fingerprint density at radius 1 is 0.935 bits per heavy atom. The second-order valence-corrected chi connectivity index (χ2v) is 8.93. The summed E-state index contributed by atoms with van der Waals surface area (Å²) in [6.07, 6.45) is 3.38. The van der Waals surface area contributed by atoms with Crippen molar-refractivity contribution in [1.82, 2.24) is 25.3 Å². The Kier molecular flexibility index (Phi) is 11.6. The molecule has 9 nitrogen and oxygen atoms in total. The third-order valence-electron chi connectivity index (χ3n) is 3.65. The second kappa shape index (κ2) is 12.8. The van der Waals surface area contributed by atoms with Gasteiger partial charge in [-0.3, -0.25) is 10.1 Å². The molecular formula is C21H34ClN7O2. The average molecular weight is 452 g/mol. The molecule has 2 aromatic heterocycles. The highest BCUT2D eigenvalue weighted by molar-refractivity contribution is 6.29. The van der Waals surface area contributed by atoms with Crippen LogP contribution in [0.1, 0.15) is 66.3 Å². The predicted octanol–water partition coefficient (Wildman–Crippen LogP) is 3.83. The number of carbonyl (C=O) groups is 2. The van der Waals surface area contributed by atoms with E-state index >= 15 is 0 Å². The molecule has 2 aromatic rings. The largest absolute Gasteiger partial charge is 0.370 e. The van der Waals surface area contributed by atoms with Crippen LogP contribution in [-0.4, -0.2) is 38.9 Å². The normalized spacial score (nSPS) is 10.6. The van der Waals surface area contributed by atoms with Crippen molar-refractivity contribution in [3.05, 3.63) is 41.3 Å². The first-order valence-electron chi connectivity index (χ1n) is 9.78. The predicted molar refractivity (Wildman–Crippen MR) is 124 cm³/mol. The van der Waals surface area contributed by atoms with E-state index in [1.807, 2.05) is 0 Å². The zero-order valence-electron chi connectivity index (χ0n) is 19.6. The molecule has 0 fully saturated rings. The highest BCUT2D eigenvalue weighted by atomic mass is 35.5. The maximum atomic E-state index is 11.1. The molecule has 31 heavy (non-hydrogen) atoms. The molecule has 0 aromatic carbocycles. The molecule has 10 heteroatoms. The topological polar surface area (TPSA) is 136 Å². The van der Waals surface area contributed by atoms with E-state index < -0.39 is 0 Å². The molecule has 4 N–H and O–H groups in total. The fourth-order valence-corrected chi connectivity index (χ4v) is 1.91. The summed E-state index contributed by atoms with van der Waals surface area (Å²) in [5.41, 5.74) is 6.51. The van der Waals surface area contributed by atoms with E-state index in [-0.39, 0.29) is 22.8 Å². The number of halogens is 1. The molecule has 0 spiro atoms. The number of nitrogens with one attached hydrogen (secondary N) is 2. The van der Waals surface area contributed by atoms with Gasteiger partial charge in [0.05, 0.1) is 11.4 Å². The molecule has 0 saturated carbocycles. The van der Waals surface area contributed by atoms with Gasteiger partial charge in [0.15, 0.2) is 0 Å². The lowest BCUT2D eigenvalue weighted by molar-refractivity contribution is -0.117. The maximum absolute atomic E-state index is 11.1. The van der Waals surface area contributed by atoms with E-state index in [1.54, 1.807) is 26.1 Å². The molecule has 0 saturated heterocycles. The van der Waals surface area contributed by atoms with Gasteiger partial charge in [0.25, 0.3) is 0 Å². The van der Waals surface area contributed by atoms with Gasteiger partial charge in [-0.15, -0.1) is 0 Å². The number of urea groups is 1. The van der Waals surface area contributed by atoms with Crippen LogP contribution >= 0.6 is 11.6 Å². The second-order valence-electron chi connectivity index (χ2n) is 8.54. The molecule has 0 aliphatic heterocycles. The molecule has 172 valence electrons. The van der Waals surface area contributed by atoms with Crippen LogP contribution in [0.25, 0.3) is 0 Å². The summed E-state index contributed by atoms with van der Waals surface area (Å²) in [7, 11) is 1.56. The zero-order valence-corrected chi connectivity index (χ0v) is 20.3. The summed E-state index contributed by atoms with van der Waals surface area (Å²) in [4.78, 5) is 36.7. The minimum Gasteiger partial charge on any atom is -0.370 e. The van der Waals surface area contributed by atoms with Crippen molar-refractivity contribution >= 4 is 29.4 Å². The van der Waals surface area contributed by atoms with E-state index in [1.165, 1.54) is 12.7 Å². The van der Waals surface area contributed by atoms with E-state index in [4.69, 9.17) is 11.6 Å². The molecule has 0 unspecified atom stereocenters. The number of aromatic nitrogens is 4. The van der Waals surface area contributed by atoms with Crippen molar-refractivity contribution in [2.24, 2.45) is 5.73 Å². The van der Waals surface area contributed by atoms with Gasteiger partial charge in [-0.05, 0) is 6.07 Å². The van der Waals surface area contributed by atoms with Crippen molar-refractivity contribution < 1.29 is 9.59 Å². The minimum atomic E-state index is -0.284. The molecule has 2 rings (SSSR count). The number of hydrogen-bond donors (Lipinski definition) is 3. The van der Waals surface area contributed by atoms with Gasteiger partial charge in [0.2, 0.25) is 5.91 Å². The fraction of sp³-hybridized carbons (Fsp3) is 0.524. The van der Waals surface area contributed by atoms with E-state index in [0.29, 0.717) is 17.4 Å². The Hall–Kier alpha value is -2.81. The Morgan fingerprint density at radius 2 is 1.39 bits per heavy atom. The van der Waals surface area contributed by atoms with Gasteiger partial charge in [-0.25, -0.2) is 24.7 Å². The van der Waals surface area contributed by atoms with Crippen LogP contribution < -0.4 is 16.4 Å². The molecular weight excluding hydrogens is 418 g/mol. The molecule has 2 heterocycles. The third kappa shape index (κ3) is 12.5. The van der Waals surface area contributed by atoms with Crippen molar-refractivity contribution in [2.75, 3.05) is 12.4 Å². The number of carbonyl (C=O) groups excluding carboxylic acids is 2. The molecule has 0 bridgehead atoms. The van der Waals surface area contributed by atoms with Crippen LogP contribution in [0.4, 0.5) is 10.6 Å². The number of primary amides is 1. The number of hydrogen-bond acceptors (Lipinski definition) is 6. The Morgan fingerprint density at radius 3 is 1.74 bits per heavy atom. The molecule has 0 radical (unpaired) electrons. The van der Waals surface area contributed by atoms with Crippen LogP contribution in [0.15, 0.2) is 24.8 Å². The average Bonchev–Trinajstić information content (AvgIpc) is 2.67. The molecule has 3 amide bonds. The van der Waals surface area contributed by atoms with Crippen LogP contribution in [0.2, 0.25) is 5.15 Å². The Labute approximate surface area is 189 Å². The fourth-order valence-electron chi connectivity index (χ4n) is 1.76. The highest BCUT2D eigenvalue weighted by Crippen LogP contribution is 2.21. The number of rotatable bonds is 2. The van der Waals surface area contributed by atoms with Gasteiger partial charge in [-0.1, -0.05) is 60.1 Å². The first-order chi connectivity index (χ1) is 14.2. The number of amides is 3. The van der Waals surface area contributed by atoms with Gasteiger partial charge in [0.1, 0.15) is 23.6 Å². The highest BCUT2D eigenvalue weighted by Gasteiger charge is 2.16. The lowest BCUT2D eigenvalue weighted by atomic mass is 9.92. The smallest absolute Gasteiger partial charge is 0.320 e. The maximum Gasteiger partial charge on any atom is 0.320 e. The van der Waals surface area contributed by atoms with Crippen molar-refractivity contribution in [2.45, 2.75) is 65.7 Å². The summed E-state index contributed by atoms with van der Waals surface area (Å²) in [6.45, 7) is 14.2. The van der Waals surface area contributed by atoms with E-state index in [2.05, 4.69) is 77.8 Å². The number of nitrogens with zero attached hydrogens (tertiary/aromatic N) is 4. The Bertz CT molecular complexity index is 846. The summed E-state index contributed by atoms with van der Waals surface area (Å²) in [5.74, 6) is 0.263. The van der Waals surface area contributed by atoms with E-state index in [0.717, 1.165) is 11.4 Å². The van der Waals surface area contributed by atoms with Gasteiger partial charge < -0.3 is 11.1 Å². The minimum absolute atomic E-state index is 0.0482. The monoisotopic (exact) mass is 451 g/mol. The lowest BCUT2D eigenvalue weighted by Gasteiger charge is -2.17. The standard InChI is InChI=1S/C10H16N4O.C8H11ClN2.C3H7NO/c1-10(2,3)7-5-8(13-6-12-7)14-9(15)11-4;1-8(2,3)6-4-7(9)11-5-10-6;1-2-3(4)5/h5-6H,1-4H3,(H2,11,12,13,14,15);4-5H,1-3H3;2H2,1H3,(H2,4,5). The molecule has 0 aliphatic rings. The van der Waals surface area contributed by atoms with Crippen LogP contribution in [0.5, 0.6) is 0 Å². The quantitative estimate of drug-likeness (QED) is 0.593. The summed E-state index contributed by atoms with van der Waals surface area (Å²) in [5, 5.41) is 5.57. The van der Waals surface area contributed by atoms with Crippen LogP contribution in [0, 0.1) is 0 Å². The summed E-state index contributed by atoms with van der Waals surface area (Å²) >= 11 is 5.70. The third-order valence-corrected chi connectivity index (χ3v) is 3.86.